The minimum atomic E-state index is -0.351. The first kappa shape index (κ1) is 8.01. The van der Waals surface area contributed by atoms with Crippen LogP contribution in [0, 0.1) is 5.82 Å². The summed E-state index contributed by atoms with van der Waals surface area (Å²) in [5.41, 5.74) is 0.482. The van der Waals surface area contributed by atoms with Crippen LogP contribution in [-0.2, 0) is 0 Å². The van der Waals surface area contributed by atoms with Crippen molar-refractivity contribution in [2.45, 2.75) is 0 Å². The predicted octanol–water partition coefficient (Wildman–Crippen LogP) is 2.20. The Balaban J connectivity index is 2.99. The Morgan fingerprint density at radius 3 is 2.36 bits per heavy atom. The molecule has 58 valence electrons. The van der Waals surface area contributed by atoms with Gasteiger partial charge in [-0.05, 0) is 24.3 Å². The van der Waals surface area contributed by atoms with Crippen LogP contribution < -0.4 is 0 Å². The highest BCUT2D eigenvalue weighted by molar-refractivity contribution is 6.69. The van der Waals surface area contributed by atoms with Crippen molar-refractivity contribution in [1.29, 1.82) is 0 Å². The molecular weight excluding hydrogens is 169 g/mol. The van der Waals surface area contributed by atoms with Crippen LogP contribution in [0.3, 0.4) is 0 Å². The third-order valence-electron chi connectivity index (χ3n) is 1.17. The number of hydrogen-bond donors (Lipinski definition) is 1. The molecule has 0 fully saturated rings. The Morgan fingerprint density at radius 2 is 1.91 bits per heavy atom. The predicted molar refractivity (Wildman–Crippen MR) is 40.6 cm³/mol. The smallest absolute Gasteiger partial charge is 0.175 e. The van der Waals surface area contributed by atoms with Crippen molar-refractivity contribution in [2.24, 2.45) is 5.16 Å². The van der Waals surface area contributed by atoms with Crippen molar-refractivity contribution in [3.63, 3.8) is 0 Å². The zero-order valence-corrected chi connectivity index (χ0v) is 6.22. The highest BCUT2D eigenvalue weighted by Gasteiger charge is 1.98. The van der Waals surface area contributed by atoms with E-state index in [1.807, 2.05) is 0 Å². The molecule has 0 aliphatic carbocycles. The minimum Gasteiger partial charge on any atom is -0.410 e. The molecule has 0 spiro atoms. The van der Waals surface area contributed by atoms with E-state index in [0.717, 1.165) is 0 Å². The van der Waals surface area contributed by atoms with Crippen LogP contribution in [0.4, 0.5) is 4.39 Å². The van der Waals surface area contributed by atoms with E-state index in [0.29, 0.717) is 5.56 Å². The van der Waals surface area contributed by atoms with Gasteiger partial charge in [0, 0.05) is 5.56 Å². The fourth-order valence-corrected chi connectivity index (χ4v) is 0.771. The molecule has 4 heteroatoms. The molecule has 1 N–H and O–H groups in total. The molecule has 1 aromatic carbocycles. The molecule has 11 heavy (non-hydrogen) atoms. The summed E-state index contributed by atoms with van der Waals surface area (Å²) in [5, 5.41) is 10.9. The number of benzene rings is 1. The molecule has 0 amide bonds. The molecule has 0 unspecified atom stereocenters. The van der Waals surface area contributed by atoms with Gasteiger partial charge < -0.3 is 5.21 Å². The van der Waals surface area contributed by atoms with Gasteiger partial charge in [0.2, 0.25) is 0 Å². The van der Waals surface area contributed by atoms with E-state index in [1.165, 1.54) is 24.3 Å². The molecule has 0 aromatic heterocycles. The first-order valence-corrected chi connectivity index (χ1v) is 3.25. The minimum absolute atomic E-state index is 0.0509. The third-order valence-corrected chi connectivity index (χ3v) is 1.46. The zero-order valence-electron chi connectivity index (χ0n) is 5.46. The van der Waals surface area contributed by atoms with E-state index in [9.17, 15) is 4.39 Å². The molecule has 0 heterocycles. The van der Waals surface area contributed by atoms with E-state index in [2.05, 4.69) is 5.16 Å². The number of hydrogen-bond acceptors (Lipinski definition) is 2. The molecule has 0 aliphatic rings. The summed E-state index contributed by atoms with van der Waals surface area (Å²) >= 11 is 5.42. The molecule has 2 nitrogen and oxygen atoms in total. The van der Waals surface area contributed by atoms with Crippen LogP contribution in [0.25, 0.3) is 0 Å². The largest absolute Gasteiger partial charge is 0.410 e. The van der Waals surface area contributed by atoms with Crippen LogP contribution in [0.1, 0.15) is 5.56 Å². The first-order valence-electron chi connectivity index (χ1n) is 2.87. The molecule has 0 atom stereocenters. The van der Waals surface area contributed by atoms with Gasteiger partial charge in [-0.25, -0.2) is 4.39 Å². The molecule has 0 saturated heterocycles. The lowest BCUT2D eigenvalue weighted by molar-refractivity contribution is 0.321. The number of rotatable bonds is 1. The second kappa shape index (κ2) is 3.34. The Bertz CT molecular complexity index is 270. The lowest BCUT2D eigenvalue weighted by Crippen LogP contribution is -1.89. The van der Waals surface area contributed by atoms with Gasteiger partial charge in [0.25, 0.3) is 0 Å². The Kier molecular flexibility index (Phi) is 2.44. The van der Waals surface area contributed by atoms with Gasteiger partial charge in [-0.15, -0.1) is 0 Å². The Morgan fingerprint density at radius 1 is 1.36 bits per heavy atom. The Labute approximate surface area is 67.9 Å². The van der Waals surface area contributed by atoms with Crippen molar-refractivity contribution >= 4 is 16.8 Å². The molecular formula is C7H5ClFNO. The summed E-state index contributed by atoms with van der Waals surface area (Å²) in [6, 6.07) is 5.33. The highest BCUT2D eigenvalue weighted by Crippen LogP contribution is 2.06. The van der Waals surface area contributed by atoms with Gasteiger partial charge in [-0.2, -0.15) is 0 Å². The van der Waals surface area contributed by atoms with Crippen molar-refractivity contribution in [1.82, 2.24) is 0 Å². The van der Waals surface area contributed by atoms with Crippen molar-refractivity contribution in [3.8, 4) is 0 Å². The fraction of sp³-hybridized carbons (Fsp3) is 0. The summed E-state index contributed by atoms with van der Waals surface area (Å²) in [6.45, 7) is 0. The SMILES string of the molecule is O/N=C(/Cl)c1ccc(F)cc1. The van der Waals surface area contributed by atoms with Gasteiger partial charge in [0.1, 0.15) is 5.82 Å². The summed E-state index contributed by atoms with van der Waals surface area (Å²) in [7, 11) is 0. The molecule has 0 radical (unpaired) electrons. The zero-order chi connectivity index (χ0) is 8.27. The monoisotopic (exact) mass is 173 g/mol. The third kappa shape index (κ3) is 1.91. The van der Waals surface area contributed by atoms with Crippen LogP contribution in [0.2, 0.25) is 0 Å². The maximum Gasteiger partial charge on any atom is 0.175 e. The lowest BCUT2D eigenvalue weighted by Gasteiger charge is -1.93. The molecule has 1 rings (SSSR count). The highest BCUT2D eigenvalue weighted by atomic mass is 35.5. The number of halogens is 2. The summed E-state index contributed by atoms with van der Waals surface area (Å²) < 4.78 is 12.3. The Hall–Kier alpha value is -1.09. The molecule has 0 bridgehead atoms. The van der Waals surface area contributed by atoms with E-state index in [4.69, 9.17) is 16.8 Å². The van der Waals surface area contributed by atoms with Gasteiger partial charge in [0.05, 0.1) is 0 Å². The summed E-state index contributed by atoms with van der Waals surface area (Å²) in [5.74, 6) is -0.351. The average Bonchev–Trinajstić information content (AvgIpc) is 2.05. The number of nitrogens with zero attached hydrogens (tertiary/aromatic N) is 1. The van der Waals surface area contributed by atoms with Crippen LogP contribution in [0.5, 0.6) is 0 Å². The van der Waals surface area contributed by atoms with Crippen molar-refractivity contribution in [3.05, 3.63) is 35.6 Å². The van der Waals surface area contributed by atoms with Crippen molar-refractivity contribution in [2.75, 3.05) is 0 Å². The average molecular weight is 174 g/mol. The standard InChI is InChI=1S/C7H5ClFNO/c8-7(10-11)5-1-3-6(9)4-2-5/h1-4,11H/b10-7+. The van der Waals surface area contributed by atoms with Gasteiger partial charge in [-0.3, -0.25) is 0 Å². The fourth-order valence-electron chi connectivity index (χ4n) is 0.645. The van der Waals surface area contributed by atoms with Gasteiger partial charge in [0.15, 0.2) is 5.17 Å². The van der Waals surface area contributed by atoms with E-state index >= 15 is 0 Å². The maximum absolute atomic E-state index is 12.3. The van der Waals surface area contributed by atoms with Crippen LogP contribution >= 0.6 is 11.6 Å². The van der Waals surface area contributed by atoms with E-state index in [1.54, 1.807) is 0 Å². The van der Waals surface area contributed by atoms with Gasteiger partial charge in [-0.1, -0.05) is 16.8 Å². The van der Waals surface area contributed by atoms with Gasteiger partial charge >= 0.3 is 0 Å². The first-order chi connectivity index (χ1) is 5.24. The van der Waals surface area contributed by atoms with E-state index < -0.39 is 0 Å². The summed E-state index contributed by atoms with van der Waals surface area (Å²) in [4.78, 5) is 0. The lowest BCUT2D eigenvalue weighted by atomic mass is 10.2. The maximum atomic E-state index is 12.3. The quantitative estimate of drug-likeness (QED) is 0.394. The molecule has 0 saturated carbocycles. The van der Waals surface area contributed by atoms with E-state index in [-0.39, 0.29) is 11.0 Å². The molecule has 1 aromatic rings. The van der Waals surface area contributed by atoms with Crippen molar-refractivity contribution < 1.29 is 9.60 Å². The van der Waals surface area contributed by atoms with Crippen LogP contribution in [-0.4, -0.2) is 10.4 Å². The number of oxime groups is 1. The normalized spacial score (nSPS) is 11.6. The van der Waals surface area contributed by atoms with Crippen LogP contribution in [0.15, 0.2) is 29.4 Å². The second-order valence-electron chi connectivity index (χ2n) is 1.90. The summed E-state index contributed by atoms with van der Waals surface area (Å²) in [6.07, 6.45) is 0. The topological polar surface area (TPSA) is 32.6 Å². The second-order valence-corrected chi connectivity index (χ2v) is 2.26. The molecule has 0 aliphatic heterocycles.